The topological polar surface area (TPSA) is 34.2 Å². The second-order valence-corrected chi connectivity index (χ2v) is 8.28. The van der Waals surface area contributed by atoms with Gasteiger partial charge in [0.05, 0.1) is 30.2 Å². The fourth-order valence-corrected chi connectivity index (χ4v) is 4.87. The van der Waals surface area contributed by atoms with Gasteiger partial charge >= 0.3 is 0 Å². The van der Waals surface area contributed by atoms with Crippen LogP contribution >= 0.6 is 23.3 Å². The van der Waals surface area contributed by atoms with Crippen LogP contribution in [0.4, 0.5) is 5.69 Å². The number of anilines is 1. The summed E-state index contributed by atoms with van der Waals surface area (Å²) in [5, 5.41) is 2.15. The van der Waals surface area contributed by atoms with E-state index in [2.05, 4.69) is 38.9 Å². The number of hydrogen-bond acceptors (Lipinski definition) is 7. The van der Waals surface area contributed by atoms with E-state index in [1.807, 2.05) is 12.1 Å². The summed E-state index contributed by atoms with van der Waals surface area (Å²) >= 11 is 3.56. The first-order valence-electron chi connectivity index (χ1n) is 8.85. The minimum absolute atomic E-state index is 0.705. The van der Waals surface area contributed by atoms with Crippen molar-refractivity contribution >= 4 is 35.0 Å². The van der Waals surface area contributed by atoms with Crippen molar-refractivity contribution < 1.29 is 14.2 Å². The zero-order valence-corrected chi connectivity index (χ0v) is 17.6. The van der Waals surface area contributed by atoms with E-state index in [9.17, 15) is 0 Å². The first kappa shape index (κ1) is 20.2. The van der Waals surface area contributed by atoms with Crippen molar-refractivity contribution in [1.29, 1.82) is 0 Å². The Kier molecular flexibility index (Phi) is 7.60. The number of nitrogens with zero attached hydrogens (tertiary/aromatic N) is 2. The minimum atomic E-state index is 0.705. The van der Waals surface area contributed by atoms with Crippen LogP contribution in [0.5, 0.6) is 5.75 Å². The second kappa shape index (κ2) is 10.1. The average molecular weight is 407 g/mol. The van der Waals surface area contributed by atoms with Gasteiger partial charge < -0.3 is 14.2 Å². The fourth-order valence-electron chi connectivity index (χ4n) is 2.85. The summed E-state index contributed by atoms with van der Waals surface area (Å²) < 4.78 is 19.5. The van der Waals surface area contributed by atoms with E-state index in [1.165, 1.54) is 15.5 Å². The third kappa shape index (κ3) is 5.27. The van der Waals surface area contributed by atoms with E-state index >= 15 is 0 Å². The van der Waals surface area contributed by atoms with Gasteiger partial charge in [0, 0.05) is 57.1 Å². The Morgan fingerprint density at radius 1 is 0.963 bits per heavy atom. The molecule has 2 heterocycles. The van der Waals surface area contributed by atoms with Gasteiger partial charge in [0.15, 0.2) is 0 Å². The first-order valence-corrected chi connectivity index (χ1v) is 10.5. The molecule has 5 nitrogen and oxygen atoms in total. The molecule has 3 rings (SSSR count). The van der Waals surface area contributed by atoms with Gasteiger partial charge in [-0.3, -0.25) is 9.21 Å². The standard InChI is InChI=1S/C20H26N2O3S2/c1-23-11-9-21(10-12-24-2)15-18-14-16-8-13-26-20(16)27-22(18)17-4-6-19(25-3)7-5-17/h4-8,13-14H,9-12,15H2,1-3H3. The van der Waals surface area contributed by atoms with Gasteiger partial charge in [0.1, 0.15) is 5.75 Å². The molecule has 0 amide bonds. The molecule has 1 aliphatic heterocycles. The normalized spacial score (nSPS) is 13.6. The minimum Gasteiger partial charge on any atom is -0.497 e. The maximum absolute atomic E-state index is 5.31. The quantitative estimate of drug-likeness (QED) is 0.550. The van der Waals surface area contributed by atoms with Gasteiger partial charge in [-0.05, 0) is 41.8 Å². The molecule has 1 aromatic carbocycles. The molecule has 0 atom stereocenters. The van der Waals surface area contributed by atoms with Crippen LogP contribution in [0.15, 0.2) is 45.6 Å². The van der Waals surface area contributed by atoms with Crippen LogP contribution in [0.1, 0.15) is 5.56 Å². The highest BCUT2D eigenvalue weighted by atomic mass is 32.2. The summed E-state index contributed by atoms with van der Waals surface area (Å²) in [7, 11) is 5.18. The monoisotopic (exact) mass is 406 g/mol. The molecule has 1 aliphatic rings. The molecule has 2 aromatic rings. The first-order chi connectivity index (χ1) is 13.2. The van der Waals surface area contributed by atoms with Gasteiger partial charge in [0.25, 0.3) is 0 Å². The highest BCUT2D eigenvalue weighted by molar-refractivity contribution is 8.02. The number of ether oxygens (including phenoxy) is 3. The van der Waals surface area contributed by atoms with E-state index < -0.39 is 0 Å². The van der Waals surface area contributed by atoms with E-state index in [0.29, 0.717) is 13.2 Å². The molecule has 0 saturated heterocycles. The lowest BCUT2D eigenvalue weighted by Gasteiger charge is -2.32. The van der Waals surface area contributed by atoms with Crippen LogP contribution in [0.25, 0.3) is 6.08 Å². The van der Waals surface area contributed by atoms with Crippen LogP contribution in [0.3, 0.4) is 0 Å². The van der Waals surface area contributed by atoms with Crippen LogP contribution < -0.4 is 9.04 Å². The van der Waals surface area contributed by atoms with Crippen LogP contribution in [0.2, 0.25) is 0 Å². The maximum atomic E-state index is 5.31. The Hall–Kier alpha value is -1.51. The summed E-state index contributed by atoms with van der Waals surface area (Å²) in [6.45, 7) is 3.98. The zero-order chi connectivity index (χ0) is 19.1. The molecular formula is C20H26N2O3S2. The van der Waals surface area contributed by atoms with Crippen molar-refractivity contribution in [3.8, 4) is 5.75 Å². The molecule has 0 bridgehead atoms. The lowest BCUT2D eigenvalue weighted by Crippen LogP contribution is -2.35. The molecule has 0 fully saturated rings. The summed E-state index contributed by atoms with van der Waals surface area (Å²) in [5.41, 5.74) is 3.69. The third-order valence-corrected chi connectivity index (χ3v) is 6.60. The Morgan fingerprint density at radius 3 is 2.30 bits per heavy atom. The van der Waals surface area contributed by atoms with Gasteiger partial charge in [-0.1, -0.05) is 0 Å². The average Bonchev–Trinajstić information content (AvgIpc) is 3.16. The molecule has 0 N–H and O–H groups in total. The van der Waals surface area contributed by atoms with Gasteiger partial charge in [-0.2, -0.15) is 0 Å². The number of benzene rings is 1. The smallest absolute Gasteiger partial charge is 0.119 e. The Bertz CT molecular complexity index is 738. The highest BCUT2D eigenvalue weighted by Crippen LogP contribution is 2.43. The molecule has 27 heavy (non-hydrogen) atoms. The summed E-state index contributed by atoms with van der Waals surface area (Å²) in [6.07, 6.45) is 2.29. The lowest BCUT2D eigenvalue weighted by atomic mass is 10.2. The predicted molar refractivity (Wildman–Crippen MR) is 114 cm³/mol. The molecular weight excluding hydrogens is 380 g/mol. The number of fused-ring (bicyclic) bond motifs is 1. The Morgan fingerprint density at radius 2 is 1.67 bits per heavy atom. The third-order valence-electron chi connectivity index (χ3n) is 4.33. The van der Waals surface area contributed by atoms with E-state index in [0.717, 1.165) is 31.1 Å². The van der Waals surface area contributed by atoms with E-state index in [-0.39, 0.29) is 0 Å². The summed E-state index contributed by atoms with van der Waals surface area (Å²) in [6, 6.07) is 10.4. The summed E-state index contributed by atoms with van der Waals surface area (Å²) in [4.78, 5) is 2.37. The van der Waals surface area contributed by atoms with Crippen molar-refractivity contribution in [3.63, 3.8) is 0 Å². The fraction of sp³-hybridized carbons (Fsp3) is 0.400. The summed E-state index contributed by atoms with van der Waals surface area (Å²) in [5.74, 6) is 0.866. The largest absolute Gasteiger partial charge is 0.497 e. The van der Waals surface area contributed by atoms with Crippen molar-refractivity contribution in [3.05, 3.63) is 47.0 Å². The molecule has 0 radical (unpaired) electrons. The molecule has 146 valence electrons. The van der Waals surface area contributed by atoms with Crippen LogP contribution in [-0.2, 0) is 9.47 Å². The van der Waals surface area contributed by atoms with E-state index in [4.69, 9.17) is 14.2 Å². The number of thiophene rings is 1. The Labute approximate surface area is 169 Å². The molecule has 0 aliphatic carbocycles. The van der Waals surface area contributed by atoms with Gasteiger partial charge in [-0.25, -0.2) is 0 Å². The predicted octanol–water partition coefficient (Wildman–Crippen LogP) is 4.22. The van der Waals surface area contributed by atoms with E-state index in [1.54, 1.807) is 44.6 Å². The van der Waals surface area contributed by atoms with Crippen molar-refractivity contribution in [2.75, 3.05) is 58.5 Å². The second-order valence-electron chi connectivity index (χ2n) is 6.14. The van der Waals surface area contributed by atoms with Crippen molar-refractivity contribution in [2.24, 2.45) is 0 Å². The molecule has 0 saturated carbocycles. The number of rotatable bonds is 10. The van der Waals surface area contributed by atoms with Gasteiger partial charge in [0.2, 0.25) is 0 Å². The molecule has 0 spiro atoms. The Balaban J connectivity index is 1.84. The van der Waals surface area contributed by atoms with Crippen molar-refractivity contribution in [1.82, 2.24) is 4.90 Å². The molecule has 1 aromatic heterocycles. The zero-order valence-electron chi connectivity index (χ0n) is 16.0. The maximum Gasteiger partial charge on any atom is 0.119 e. The lowest BCUT2D eigenvalue weighted by molar-refractivity contribution is 0.119. The SMILES string of the molecule is COCCN(CCOC)CC1=Cc2ccsc2SN1c1ccc(OC)cc1. The number of hydrogen-bond donors (Lipinski definition) is 0. The van der Waals surface area contributed by atoms with Crippen LogP contribution in [0, 0.1) is 0 Å². The van der Waals surface area contributed by atoms with Gasteiger partial charge in [-0.15, -0.1) is 11.3 Å². The van der Waals surface area contributed by atoms with Crippen molar-refractivity contribution in [2.45, 2.75) is 4.21 Å². The number of methoxy groups -OCH3 is 3. The molecule has 7 heteroatoms. The highest BCUT2D eigenvalue weighted by Gasteiger charge is 2.23. The molecule has 0 unspecified atom stereocenters. The van der Waals surface area contributed by atoms with Crippen LogP contribution in [-0.4, -0.2) is 59.1 Å².